The van der Waals surface area contributed by atoms with Crippen LogP contribution in [-0.4, -0.2) is 16.1 Å². The molecule has 0 unspecified atom stereocenters. The van der Waals surface area contributed by atoms with Gasteiger partial charge in [0.25, 0.3) is 0 Å². The normalized spacial score (nSPS) is 19.5. The molecule has 0 aliphatic carbocycles. The molecule has 1 aliphatic heterocycles. The number of hydrogen-bond donors (Lipinski definition) is 2. The van der Waals surface area contributed by atoms with Crippen molar-refractivity contribution in [1.82, 2.24) is 14.9 Å². The number of benzene rings is 1. The van der Waals surface area contributed by atoms with E-state index in [9.17, 15) is 4.79 Å². The Morgan fingerprint density at radius 3 is 3.18 bits per heavy atom. The molecule has 1 aromatic heterocycles. The van der Waals surface area contributed by atoms with E-state index in [1.165, 1.54) is 5.56 Å². The number of nitrogens with zero attached hydrogens (tertiary/aromatic N) is 1. The van der Waals surface area contributed by atoms with Crippen molar-refractivity contribution >= 4 is 11.0 Å². The van der Waals surface area contributed by atoms with Crippen molar-refractivity contribution in [2.45, 2.75) is 32.4 Å². The summed E-state index contributed by atoms with van der Waals surface area (Å²) in [5.41, 5.74) is 3.27. The lowest BCUT2D eigenvalue weighted by atomic mass is 10.1. The van der Waals surface area contributed by atoms with Crippen LogP contribution < -0.4 is 11.0 Å². The maximum Gasteiger partial charge on any atom is 0.326 e. The van der Waals surface area contributed by atoms with E-state index in [0.717, 1.165) is 37.0 Å². The minimum atomic E-state index is 0.0228. The number of hydrogen-bond acceptors (Lipinski definition) is 2. The molecule has 0 fully saturated rings. The van der Waals surface area contributed by atoms with Crippen LogP contribution in [0.3, 0.4) is 0 Å². The first-order valence-corrected chi connectivity index (χ1v) is 6.24. The largest absolute Gasteiger partial charge is 0.326 e. The molecule has 90 valence electrons. The highest BCUT2D eigenvalue weighted by Gasteiger charge is 2.21. The van der Waals surface area contributed by atoms with Crippen molar-refractivity contribution in [3.63, 3.8) is 0 Å². The fourth-order valence-electron chi connectivity index (χ4n) is 2.77. The number of imidazole rings is 1. The maximum absolute atomic E-state index is 12.1. The highest BCUT2D eigenvalue weighted by Crippen LogP contribution is 2.24. The monoisotopic (exact) mass is 231 g/mol. The zero-order valence-electron chi connectivity index (χ0n) is 9.99. The van der Waals surface area contributed by atoms with Gasteiger partial charge in [-0.05, 0) is 18.1 Å². The molecule has 0 spiro atoms. The molecule has 2 aromatic rings. The van der Waals surface area contributed by atoms with E-state index in [2.05, 4.69) is 23.3 Å². The van der Waals surface area contributed by atoms with Gasteiger partial charge in [-0.1, -0.05) is 25.5 Å². The predicted octanol–water partition coefficient (Wildman–Crippen LogP) is 1.77. The van der Waals surface area contributed by atoms with Gasteiger partial charge in [0.05, 0.1) is 17.1 Å². The average molecular weight is 231 g/mol. The molecule has 3 rings (SSSR count). The predicted molar refractivity (Wildman–Crippen MR) is 68.2 cm³/mol. The fraction of sp³-hybridized carbons (Fsp3) is 0.462. The third-order valence-electron chi connectivity index (χ3n) is 3.50. The van der Waals surface area contributed by atoms with Crippen LogP contribution in [0.5, 0.6) is 0 Å². The fourth-order valence-corrected chi connectivity index (χ4v) is 2.77. The topological polar surface area (TPSA) is 49.8 Å². The van der Waals surface area contributed by atoms with Gasteiger partial charge in [0, 0.05) is 13.1 Å². The smallest absolute Gasteiger partial charge is 0.311 e. The van der Waals surface area contributed by atoms with Crippen LogP contribution >= 0.6 is 0 Å². The standard InChI is InChI=1S/C13H17N3O/c1-2-4-10-8-14-7-9-5-3-6-11-12(9)16(10)13(17)15-11/h3,5-6,10,14H,2,4,7-8H2,1H3,(H,15,17)/t10-/m0/s1. The summed E-state index contributed by atoms with van der Waals surface area (Å²) >= 11 is 0. The third-order valence-corrected chi connectivity index (χ3v) is 3.50. The van der Waals surface area contributed by atoms with Crippen LogP contribution in [0.4, 0.5) is 0 Å². The third kappa shape index (κ3) is 1.60. The Labute approximate surface area is 99.6 Å². The van der Waals surface area contributed by atoms with Crippen molar-refractivity contribution in [1.29, 1.82) is 0 Å². The molecule has 1 atom stereocenters. The first kappa shape index (κ1) is 10.6. The van der Waals surface area contributed by atoms with Gasteiger partial charge in [0.1, 0.15) is 0 Å². The van der Waals surface area contributed by atoms with Crippen LogP contribution in [-0.2, 0) is 6.54 Å². The second-order valence-electron chi connectivity index (χ2n) is 4.69. The lowest BCUT2D eigenvalue weighted by molar-refractivity contribution is 0.438. The van der Waals surface area contributed by atoms with Gasteiger partial charge in [-0.3, -0.25) is 4.57 Å². The van der Waals surface area contributed by atoms with Crippen molar-refractivity contribution in [3.05, 3.63) is 34.2 Å². The van der Waals surface area contributed by atoms with E-state index in [1.54, 1.807) is 0 Å². The van der Waals surface area contributed by atoms with Crippen molar-refractivity contribution < 1.29 is 0 Å². The van der Waals surface area contributed by atoms with E-state index in [0.29, 0.717) is 0 Å². The van der Waals surface area contributed by atoms with E-state index in [-0.39, 0.29) is 11.7 Å². The molecule has 0 saturated heterocycles. The van der Waals surface area contributed by atoms with E-state index in [1.807, 2.05) is 16.7 Å². The molecule has 2 heterocycles. The van der Waals surface area contributed by atoms with Crippen LogP contribution in [0, 0.1) is 0 Å². The first-order valence-electron chi connectivity index (χ1n) is 6.24. The lowest BCUT2D eigenvalue weighted by Gasteiger charge is -2.15. The SMILES string of the molecule is CCC[C@H]1CNCc2cccc3[nH]c(=O)n1c23. The summed E-state index contributed by atoms with van der Waals surface area (Å²) in [4.78, 5) is 15.0. The average Bonchev–Trinajstić information content (AvgIpc) is 2.53. The summed E-state index contributed by atoms with van der Waals surface area (Å²) in [6, 6.07) is 6.34. The molecule has 17 heavy (non-hydrogen) atoms. The highest BCUT2D eigenvalue weighted by atomic mass is 16.1. The summed E-state index contributed by atoms with van der Waals surface area (Å²) in [6.45, 7) is 3.87. The number of rotatable bonds is 2. The summed E-state index contributed by atoms with van der Waals surface area (Å²) in [6.07, 6.45) is 2.13. The Morgan fingerprint density at radius 2 is 2.35 bits per heavy atom. The molecule has 2 N–H and O–H groups in total. The Hall–Kier alpha value is -1.55. The Kier molecular flexibility index (Phi) is 2.52. The van der Waals surface area contributed by atoms with Crippen LogP contribution in [0.25, 0.3) is 11.0 Å². The minimum Gasteiger partial charge on any atom is -0.311 e. The van der Waals surface area contributed by atoms with E-state index < -0.39 is 0 Å². The molecule has 4 nitrogen and oxygen atoms in total. The van der Waals surface area contributed by atoms with Crippen molar-refractivity contribution in [2.24, 2.45) is 0 Å². The molecule has 0 bridgehead atoms. The zero-order valence-corrected chi connectivity index (χ0v) is 9.99. The van der Waals surface area contributed by atoms with Crippen molar-refractivity contribution in [3.8, 4) is 0 Å². The molecule has 1 aliphatic rings. The summed E-state index contributed by atoms with van der Waals surface area (Å²) in [5, 5.41) is 3.43. The molecular formula is C13H17N3O. The number of aromatic amines is 1. The molecular weight excluding hydrogens is 214 g/mol. The molecule has 4 heteroatoms. The number of nitrogens with one attached hydrogen (secondary N) is 2. The molecule has 1 aromatic carbocycles. The molecule has 0 saturated carbocycles. The number of para-hydroxylation sites is 1. The summed E-state index contributed by atoms with van der Waals surface area (Å²) in [7, 11) is 0. The second kappa shape index (κ2) is 4.04. The molecule has 0 amide bonds. The Balaban J connectivity index is 2.29. The van der Waals surface area contributed by atoms with E-state index in [4.69, 9.17) is 0 Å². The first-order chi connectivity index (χ1) is 8.31. The van der Waals surface area contributed by atoms with Gasteiger partial charge in [0.15, 0.2) is 0 Å². The van der Waals surface area contributed by atoms with Gasteiger partial charge in [-0.25, -0.2) is 4.79 Å². The molecule has 0 radical (unpaired) electrons. The summed E-state index contributed by atoms with van der Waals surface area (Å²) in [5.74, 6) is 0. The number of aromatic nitrogens is 2. The number of H-pyrrole nitrogens is 1. The second-order valence-corrected chi connectivity index (χ2v) is 4.69. The van der Waals surface area contributed by atoms with Gasteiger partial charge >= 0.3 is 5.69 Å². The quantitative estimate of drug-likeness (QED) is 0.827. The van der Waals surface area contributed by atoms with Gasteiger partial charge < -0.3 is 10.3 Å². The van der Waals surface area contributed by atoms with Crippen molar-refractivity contribution in [2.75, 3.05) is 6.54 Å². The van der Waals surface area contributed by atoms with Crippen LogP contribution in [0.1, 0.15) is 31.4 Å². The van der Waals surface area contributed by atoms with E-state index >= 15 is 0 Å². The lowest BCUT2D eigenvalue weighted by Crippen LogP contribution is -2.28. The maximum atomic E-state index is 12.1. The minimum absolute atomic E-state index is 0.0228. The Morgan fingerprint density at radius 1 is 1.47 bits per heavy atom. The zero-order chi connectivity index (χ0) is 11.8. The van der Waals surface area contributed by atoms with Crippen LogP contribution in [0.2, 0.25) is 0 Å². The van der Waals surface area contributed by atoms with Gasteiger partial charge in [0.2, 0.25) is 0 Å². The van der Waals surface area contributed by atoms with Crippen LogP contribution in [0.15, 0.2) is 23.0 Å². The van der Waals surface area contributed by atoms with Gasteiger partial charge in [-0.2, -0.15) is 0 Å². The highest BCUT2D eigenvalue weighted by molar-refractivity contribution is 5.79. The Bertz CT molecular complexity index is 596. The van der Waals surface area contributed by atoms with Gasteiger partial charge in [-0.15, -0.1) is 0 Å². The summed E-state index contributed by atoms with van der Waals surface area (Å²) < 4.78 is 1.94.